The van der Waals surface area contributed by atoms with Crippen LogP contribution in [0.2, 0.25) is 0 Å². The van der Waals surface area contributed by atoms with Crippen molar-refractivity contribution in [2.75, 3.05) is 25.6 Å². The highest BCUT2D eigenvalue weighted by molar-refractivity contribution is 5.74. The molecule has 0 radical (unpaired) electrons. The number of rotatable bonds is 9. The Hall–Kier alpha value is -3.01. The zero-order valence-electron chi connectivity index (χ0n) is 16.6. The first kappa shape index (κ1) is 19.7. The van der Waals surface area contributed by atoms with Gasteiger partial charge in [-0.3, -0.25) is 0 Å². The molecule has 4 heteroatoms. The second kappa shape index (κ2) is 9.79. The summed E-state index contributed by atoms with van der Waals surface area (Å²) in [5.41, 5.74) is 3.70. The third kappa shape index (κ3) is 5.26. The van der Waals surface area contributed by atoms with E-state index in [1.54, 1.807) is 0 Å². The van der Waals surface area contributed by atoms with Crippen molar-refractivity contribution in [3.63, 3.8) is 0 Å². The maximum atomic E-state index is 12.2. The van der Waals surface area contributed by atoms with Gasteiger partial charge in [0.1, 0.15) is 6.04 Å². The number of methoxy groups -OCH3 is 1. The van der Waals surface area contributed by atoms with Crippen LogP contribution in [0.5, 0.6) is 0 Å². The Morgan fingerprint density at radius 1 is 0.964 bits per heavy atom. The minimum Gasteiger partial charge on any atom is -0.467 e. The Morgan fingerprint density at radius 3 is 2.25 bits per heavy atom. The molecule has 0 N–H and O–H groups in total. The minimum atomic E-state index is -0.328. The van der Waals surface area contributed by atoms with E-state index in [1.807, 2.05) is 35.2 Å². The summed E-state index contributed by atoms with van der Waals surface area (Å²) in [6.45, 7) is 1.02. The summed E-state index contributed by atoms with van der Waals surface area (Å²) in [6.07, 6.45) is 6.56. The molecule has 0 bridgehead atoms. The average Bonchev–Trinajstić information content (AvgIpc) is 3.27. The van der Waals surface area contributed by atoms with Gasteiger partial charge >= 0.3 is 5.97 Å². The van der Waals surface area contributed by atoms with E-state index in [9.17, 15) is 4.79 Å². The summed E-state index contributed by atoms with van der Waals surface area (Å²) < 4.78 is 6.88. The molecule has 1 unspecified atom stereocenters. The Labute approximate surface area is 167 Å². The van der Waals surface area contributed by atoms with Crippen molar-refractivity contribution in [3.8, 4) is 0 Å². The molecule has 3 aromatic rings. The third-order valence-electron chi connectivity index (χ3n) is 5.07. The van der Waals surface area contributed by atoms with E-state index in [0.717, 1.165) is 24.9 Å². The molecule has 0 aliphatic carbocycles. The number of aromatic nitrogens is 1. The lowest BCUT2D eigenvalue weighted by Crippen LogP contribution is -2.22. The van der Waals surface area contributed by atoms with Crippen LogP contribution in [0.3, 0.4) is 0 Å². The molecule has 146 valence electrons. The van der Waals surface area contributed by atoms with Crippen molar-refractivity contribution < 1.29 is 9.53 Å². The number of hydrogen-bond acceptors (Lipinski definition) is 3. The number of nitrogens with zero attached hydrogens (tertiary/aromatic N) is 2. The lowest BCUT2D eigenvalue weighted by atomic mass is 10.0. The summed E-state index contributed by atoms with van der Waals surface area (Å²) in [5.74, 6) is -0.218. The largest absolute Gasteiger partial charge is 0.467 e. The molecule has 0 saturated carbocycles. The first-order valence-corrected chi connectivity index (χ1v) is 9.71. The number of para-hydroxylation sites is 1. The first-order chi connectivity index (χ1) is 13.7. The highest BCUT2D eigenvalue weighted by Gasteiger charge is 2.20. The topological polar surface area (TPSA) is 34.5 Å². The van der Waals surface area contributed by atoms with E-state index in [-0.39, 0.29) is 12.0 Å². The van der Waals surface area contributed by atoms with Gasteiger partial charge in [-0.25, -0.2) is 4.79 Å². The second-order valence-electron chi connectivity index (χ2n) is 7.05. The molecular formula is C24H28N2O2. The molecule has 1 atom stereocenters. The number of carbonyl (C=O) groups excluding carboxylic acids is 1. The predicted octanol–water partition coefficient (Wildman–Crippen LogP) is 4.51. The average molecular weight is 376 g/mol. The van der Waals surface area contributed by atoms with Gasteiger partial charge in [-0.15, -0.1) is 0 Å². The van der Waals surface area contributed by atoms with Crippen molar-refractivity contribution >= 4 is 11.7 Å². The molecule has 28 heavy (non-hydrogen) atoms. The summed E-state index contributed by atoms with van der Waals surface area (Å²) in [4.78, 5) is 14.4. The SMILES string of the molecule is COC(=O)C(Cc1ccc(CCCN(C)c2ccccc2)cc1)n1cccc1. The van der Waals surface area contributed by atoms with E-state index in [4.69, 9.17) is 4.74 Å². The number of aryl methyl sites for hydroxylation is 1. The lowest BCUT2D eigenvalue weighted by molar-refractivity contribution is -0.144. The Bertz CT molecular complexity index is 842. The maximum Gasteiger partial charge on any atom is 0.329 e. The van der Waals surface area contributed by atoms with Crippen LogP contribution in [0.25, 0.3) is 0 Å². The van der Waals surface area contributed by atoms with Crippen LogP contribution in [0.15, 0.2) is 79.1 Å². The molecule has 1 aromatic heterocycles. The molecule has 0 spiro atoms. The number of ether oxygens (including phenoxy) is 1. The second-order valence-corrected chi connectivity index (χ2v) is 7.05. The number of carbonyl (C=O) groups is 1. The lowest BCUT2D eigenvalue weighted by Gasteiger charge is -2.19. The number of anilines is 1. The van der Waals surface area contributed by atoms with E-state index in [1.165, 1.54) is 18.4 Å². The van der Waals surface area contributed by atoms with Crippen molar-refractivity contribution in [2.24, 2.45) is 0 Å². The van der Waals surface area contributed by atoms with Gasteiger partial charge in [0.15, 0.2) is 0 Å². The highest BCUT2D eigenvalue weighted by Crippen LogP contribution is 2.18. The fourth-order valence-electron chi connectivity index (χ4n) is 3.40. The van der Waals surface area contributed by atoms with Crippen LogP contribution in [0, 0.1) is 0 Å². The molecule has 0 aliphatic heterocycles. The smallest absolute Gasteiger partial charge is 0.329 e. The zero-order chi connectivity index (χ0) is 19.8. The van der Waals surface area contributed by atoms with E-state index in [2.05, 4.69) is 60.5 Å². The normalized spacial score (nSPS) is 11.8. The first-order valence-electron chi connectivity index (χ1n) is 9.71. The van der Waals surface area contributed by atoms with Gasteiger partial charge in [0.25, 0.3) is 0 Å². The van der Waals surface area contributed by atoms with Gasteiger partial charge in [-0.1, -0.05) is 42.5 Å². The van der Waals surface area contributed by atoms with Gasteiger partial charge in [0, 0.05) is 38.1 Å². The molecule has 4 nitrogen and oxygen atoms in total. The van der Waals surface area contributed by atoms with Crippen molar-refractivity contribution in [1.82, 2.24) is 4.57 Å². The third-order valence-corrected chi connectivity index (χ3v) is 5.07. The van der Waals surface area contributed by atoms with Gasteiger partial charge in [-0.05, 0) is 48.2 Å². The van der Waals surface area contributed by atoms with E-state index in [0.29, 0.717) is 6.42 Å². The van der Waals surface area contributed by atoms with Gasteiger partial charge in [0.05, 0.1) is 7.11 Å². The monoisotopic (exact) mass is 376 g/mol. The number of esters is 1. The molecule has 0 amide bonds. The van der Waals surface area contributed by atoms with Crippen LogP contribution < -0.4 is 4.90 Å². The van der Waals surface area contributed by atoms with E-state index < -0.39 is 0 Å². The fraction of sp³-hybridized carbons (Fsp3) is 0.292. The van der Waals surface area contributed by atoms with Crippen LogP contribution in [-0.2, 0) is 22.4 Å². The van der Waals surface area contributed by atoms with E-state index >= 15 is 0 Å². The van der Waals surface area contributed by atoms with Gasteiger partial charge in [-0.2, -0.15) is 0 Å². The Balaban J connectivity index is 1.53. The minimum absolute atomic E-state index is 0.218. The van der Waals surface area contributed by atoms with Crippen LogP contribution in [0.1, 0.15) is 23.6 Å². The summed E-state index contributed by atoms with van der Waals surface area (Å²) in [6, 6.07) is 22.5. The Morgan fingerprint density at radius 2 is 1.61 bits per heavy atom. The predicted molar refractivity (Wildman–Crippen MR) is 114 cm³/mol. The van der Waals surface area contributed by atoms with Crippen molar-refractivity contribution in [2.45, 2.75) is 25.3 Å². The van der Waals surface area contributed by atoms with Crippen LogP contribution in [-0.4, -0.2) is 31.2 Å². The summed E-state index contributed by atoms with van der Waals surface area (Å²) in [7, 11) is 3.57. The molecule has 0 saturated heterocycles. The summed E-state index contributed by atoms with van der Waals surface area (Å²) >= 11 is 0. The highest BCUT2D eigenvalue weighted by atomic mass is 16.5. The Kier molecular flexibility index (Phi) is 6.90. The maximum absolute atomic E-state index is 12.2. The molecule has 0 fully saturated rings. The quantitative estimate of drug-likeness (QED) is 0.515. The van der Waals surface area contributed by atoms with Crippen LogP contribution in [0.4, 0.5) is 5.69 Å². The zero-order valence-corrected chi connectivity index (χ0v) is 16.6. The summed E-state index contributed by atoms with van der Waals surface area (Å²) in [5, 5.41) is 0. The van der Waals surface area contributed by atoms with Gasteiger partial charge < -0.3 is 14.2 Å². The van der Waals surface area contributed by atoms with Crippen LogP contribution >= 0.6 is 0 Å². The fourth-order valence-corrected chi connectivity index (χ4v) is 3.40. The molecule has 0 aliphatic rings. The molecule has 1 heterocycles. The number of hydrogen-bond donors (Lipinski definition) is 0. The number of benzene rings is 2. The molecule has 2 aromatic carbocycles. The van der Waals surface area contributed by atoms with Crippen molar-refractivity contribution in [1.29, 1.82) is 0 Å². The molecular weight excluding hydrogens is 348 g/mol. The standard InChI is InChI=1S/C24H28N2O2/c1-25(22-10-4-3-5-11-22)16-8-9-20-12-14-21(15-13-20)19-23(24(27)28-2)26-17-6-7-18-26/h3-7,10-15,17-18,23H,8-9,16,19H2,1-2H3. The molecule has 3 rings (SSSR count). The van der Waals surface area contributed by atoms with Crippen molar-refractivity contribution in [3.05, 3.63) is 90.3 Å². The van der Waals surface area contributed by atoms with Gasteiger partial charge in [0.2, 0.25) is 0 Å².